The fourth-order valence-electron chi connectivity index (χ4n) is 1.63. The fourth-order valence-corrected chi connectivity index (χ4v) is 1.76. The number of halogens is 1. The Morgan fingerprint density at radius 1 is 1.40 bits per heavy atom. The van der Waals surface area contributed by atoms with Gasteiger partial charge in [-0.15, -0.1) is 0 Å². The zero-order valence-corrected chi connectivity index (χ0v) is 11.7. The van der Waals surface area contributed by atoms with Crippen LogP contribution in [-0.4, -0.2) is 39.7 Å². The highest BCUT2D eigenvalue weighted by atomic mass is 35.5. The lowest BCUT2D eigenvalue weighted by Crippen LogP contribution is -2.21. The number of carboxylic acids is 1. The minimum absolute atomic E-state index is 0.0781. The van der Waals surface area contributed by atoms with Crippen molar-refractivity contribution in [2.24, 2.45) is 0 Å². The lowest BCUT2D eigenvalue weighted by atomic mass is 10.2. The molecule has 20 heavy (non-hydrogen) atoms. The van der Waals surface area contributed by atoms with Gasteiger partial charge in [-0.25, -0.2) is 0 Å². The highest BCUT2D eigenvalue weighted by molar-refractivity contribution is 6.30. The van der Waals surface area contributed by atoms with E-state index in [2.05, 4.69) is 10.1 Å². The van der Waals surface area contributed by atoms with Crippen molar-refractivity contribution in [3.05, 3.63) is 35.2 Å². The number of hydrogen-bond acceptors (Lipinski definition) is 5. The third-order valence-corrected chi connectivity index (χ3v) is 2.94. The van der Waals surface area contributed by atoms with Crippen molar-refractivity contribution in [1.29, 1.82) is 0 Å². The minimum atomic E-state index is -0.829. The van der Waals surface area contributed by atoms with Crippen LogP contribution in [0.15, 0.2) is 28.8 Å². The van der Waals surface area contributed by atoms with Crippen LogP contribution in [0, 0.1) is 0 Å². The summed E-state index contributed by atoms with van der Waals surface area (Å²) < 4.78 is 5.14. The predicted molar refractivity (Wildman–Crippen MR) is 73.3 cm³/mol. The zero-order chi connectivity index (χ0) is 14.5. The molecular weight excluding hydrogens is 282 g/mol. The van der Waals surface area contributed by atoms with Crippen LogP contribution in [-0.2, 0) is 11.3 Å². The van der Waals surface area contributed by atoms with Crippen molar-refractivity contribution in [1.82, 2.24) is 15.0 Å². The second-order valence-electron chi connectivity index (χ2n) is 4.40. The lowest BCUT2D eigenvalue weighted by molar-refractivity contribution is -0.137. The summed E-state index contributed by atoms with van der Waals surface area (Å²) in [5, 5.41) is 13.2. The Kier molecular flexibility index (Phi) is 4.70. The van der Waals surface area contributed by atoms with E-state index in [-0.39, 0.29) is 6.42 Å². The number of aliphatic carboxylic acids is 1. The van der Waals surface area contributed by atoms with Gasteiger partial charge >= 0.3 is 5.97 Å². The van der Waals surface area contributed by atoms with Crippen molar-refractivity contribution in [3.8, 4) is 11.4 Å². The van der Waals surface area contributed by atoms with E-state index in [0.29, 0.717) is 29.8 Å². The number of nitrogens with zero attached hydrogens (tertiary/aromatic N) is 3. The van der Waals surface area contributed by atoms with Gasteiger partial charge in [0.15, 0.2) is 0 Å². The quantitative estimate of drug-likeness (QED) is 0.881. The molecule has 0 unspecified atom stereocenters. The van der Waals surface area contributed by atoms with Gasteiger partial charge in [-0.3, -0.25) is 9.69 Å². The molecule has 0 spiro atoms. The van der Waals surface area contributed by atoms with Gasteiger partial charge in [0.1, 0.15) is 0 Å². The number of carboxylic acid groups (broad SMARTS) is 1. The molecule has 0 radical (unpaired) electrons. The number of benzene rings is 1. The molecule has 0 saturated heterocycles. The van der Waals surface area contributed by atoms with Crippen molar-refractivity contribution in [2.45, 2.75) is 13.0 Å². The molecule has 0 aliphatic carbocycles. The van der Waals surface area contributed by atoms with Gasteiger partial charge in [-0.05, 0) is 31.3 Å². The Morgan fingerprint density at radius 3 is 2.75 bits per heavy atom. The fraction of sp³-hybridized carbons (Fsp3) is 0.308. The molecule has 1 aromatic carbocycles. The second-order valence-corrected chi connectivity index (χ2v) is 4.84. The van der Waals surface area contributed by atoms with Gasteiger partial charge in [-0.2, -0.15) is 4.98 Å². The van der Waals surface area contributed by atoms with Gasteiger partial charge in [0.2, 0.25) is 11.7 Å². The predicted octanol–water partition coefficient (Wildman–Crippen LogP) is 2.30. The molecule has 0 saturated carbocycles. The molecule has 2 rings (SSSR count). The molecule has 0 aliphatic rings. The van der Waals surface area contributed by atoms with Gasteiger partial charge < -0.3 is 9.63 Å². The first-order chi connectivity index (χ1) is 9.54. The highest BCUT2D eigenvalue weighted by Crippen LogP contribution is 2.18. The largest absolute Gasteiger partial charge is 0.481 e. The summed E-state index contributed by atoms with van der Waals surface area (Å²) in [7, 11) is 1.80. The maximum absolute atomic E-state index is 10.5. The van der Waals surface area contributed by atoms with Crippen LogP contribution in [0.5, 0.6) is 0 Å². The molecule has 0 bridgehead atoms. The van der Waals surface area contributed by atoms with E-state index in [1.165, 1.54) is 0 Å². The molecule has 1 heterocycles. The normalized spacial score (nSPS) is 10.9. The first-order valence-electron chi connectivity index (χ1n) is 6.03. The summed E-state index contributed by atoms with van der Waals surface area (Å²) in [5.41, 5.74) is 0.817. The van der Waals surface area contributed by atoms with Crippen molar-refractivity contribution in [3.63, 3.8) is 0 Å². The van der Waals surface area contributed by atoms with Gasteiger partial charge in [0.25, 0.3) is 0 Å². The Balaban J connectivity index is 1.98. The SMILES string of the molecule is CN(CCC(=O)O)Cc1nc(-c2ccc(Cl)cc2)no1. The molecular formula is C13H14ClN3O3. The number of aromatic nitrogens is 2. The summed E-state index contributed by atoms with van der Waals surface area (Å²) >= 11 is 5.81. The van der Waals surface area contributed by atoms with E-state index < -0.39 is 5.97 Å². The smallest absolute Gasteiger partial charge is 0.304 e. The summed E-state index contributed by atoms with van der Waals surface area (Å²) in [6, 6.07) is 7.13. The van der Waals surface area contributed by atoms with Crippen LogP contribution in [0.2, 0.25) is 5.02 Å². The van der Waals surface area contributed by atoms with Crippen molar-refractivity contribution in [2.75, 3.05) is 13.6 Å². The van der Waals surface area contributed by atoms with Gasteiger partial charge in [0.05, 0.1) is 13.0 Å². The molecule has 0 fully saturated rings. The Hall–Kier alpha value is -1.92. The van der Waals surface area contributed by atoms with Crippen molar-refractivity contribution >= 4 is 17.6 Å². The summed E-state index contributed by atoms with van der Waals surface area (Å²) in [5.74, 6) is 0.107. The standard InChI is InChI=1S/C13H14ClN3O3/c1-17(7-6-12(18)19)8-11-15-13(16-20-11)9-2-4-10(14)5-3-9/h2-5H,6-8H2,1H3,(H,18,19). The highest BCUT2D eigenvalue weighted by Gasteiger charge is 2.11. The topological polar surface area (TPSA) is 79.5 Å². The number of hydrogen-bond donors (Lipinski definition) is 1. The van der Waals surface area contributed by atoms with Gasteiger partial charge in [-0.1, -0.05) is 16.8 Å². The average molecular weight is 296 g/mol. The molecule has 106 valence electrons. The molecule has 1 aromatic heterocycles. The van der Waals surface area contributed by atoms with Crippen LogP contribution < -0.4 is 0 Å². The summed E-state index contributed by atoms with van der Waals surface area (Å²) in [4.78, 5) is 16.6. The maximum Gasteiger partial charge on any atom is 0.304 e. The van der Waals surface area contributed by atoms with E-state index in [4.69, 9.17) is 21.2 Å². The van der Waals surface area contributed by atoms with E-state index in [1.807, 2.05) is 17.0 Å². The maximum atomic E-state index is 10.5. The van der Waals surface area contributed by atoms with E-state index in [9.17, 15) is 4.79 Å². The minimum Gasteiger partial charge on any atom is -0.481 e. The van der Waals surface area contributed by atoms with E-state index >= 15 is 0 Å². The molecule has 2 aromatic rings. The Bertz CT molecular complexity index is 583. The second kappa shape index (κ2) is 6.49. The molecule has 7 heteroatoms. The molecule has 0 atom stereocenters. The van der Waals surface area contributed by atoms with E-state index in [1.54, 1.807) is 19.2 Å². The van der Waals surface area contributed by atoms with E-state index in [0.717, 1.165) is 5.56 Å². The number of carbonyl (C=O) groups is 1. The molecule has 0 amide bonds. The molecule has 1 N–H and O–H groups in total. The first-order valence-corrected chi connectivity index (χ1v) is 6.41. The zero-order valence-electron chi connectivity index (χ0n) is 10.9. The Labute approximate surface area is 121 Å². The monoisotopic (exact) mass is 295 g/mol. The van der Waals surface area contributed by atoms with Crippen LogP contribution >= 0.6 is 11.6 Å². The van der Waals surface area contributed by atoms with Crippen LogP contribution in [0.1, 0.15) is 12.3 Å². The van der Waals surface area contributed by atoms with Crippen LogP contribution in [0.3, 0.4) is 0 Å². The van der Waals surface area contributed by atoms with Crippen LogP contribution in [0.4, 0.5) is 0 Å². The van der Waals surface area contributed by atoms with Crippen molar-refractivity contribution < 1.29 is 14.4 Å². The third kappa shape index (κ3) is 4.04. The average Bonchev–Trinajstić information content (AvgIpc) is 2.85. The molecule has 6 nitrogen and oxygen atoms in total. The lowest BCUT2D eigenvalue weighted by Gasteiger charge is -2.11. The molecule has 0 aliphatic heterocycles. The van der Waals surface area contributed by atoms with Gasteiger partial charge in [0, 0.05) is 17.1 Å². The third-order valence-electron chi connectivity index (χ3n) is 2.68. The summed E-state index contributed by atoms with van der Waals surface area (Å²) in [6.45, 7) is 0.835. The van der Waals surface area contributed by atoms with Crippen LogP contribution in [0.25, 0.3) is 11.4 Å². The summed E-state index contributed by atoms with van der Waals surface area (Å²) in [6.07, 6.45) is 0.0781. The first kappa shape index (κ1) is 14.5. The Morgan fingerprint density at radius 2 is 2.10 bits per heavy atom. The number of rotatable bonds is 6.